The van der Waals surface area contributed by atoms with Gasteiger partial charge in [0.25, 0.3) is 0 Å². The number of hydrogen-bond acceptors (Lipinski definition) is 4. The predicted molar refractivity (Wildman–Crippen MR) is 76.7 cm³/mol. The van der Waals surface area contributed by atoms with Gasteiger partial charge >= 0.3 is 5.69 Å². The predicted octanol–water partition coefficient (Wildman–Crippen LogP) is 3.43. The molecule has 0 unspecified atom stereocenters. The minimum atomic E-state index is -0.913. The van der Waals surface area contributed by atoms with Crippen molar-refractivity contribution in [1.82, 2.24) is 0 Å². The molecule has 2 aromatic rings. The zero-order valence-corrected chi connectivity index (χ0v) is 11.6. The van der Waals surface area contributed by atoms with Crippen molar-refractivity contribution in [2.45, 2.75) is 13.2 Å². The van der Waals surface area contributed by atoms with Gasteiger partial charge < -0.3 is 10.5 Å². The van der Waals surface area contributed by atoms with E-state index in [2.05, 4.69) is 0 Å². The number of ether oxygens (including phenoxy) is 1. The SMILES string of the molecule is NCc1cccc(Cl)c1OCc1cccc([N+](=O)[O-])c1F. The fourth-order valence-electron chi connectivity index (χ4n) is 1.84. The topological polar surface area (TPSA) is 78.4 Å². The van der Waals surface area contributed by atoms with E-state index in [0.717, 1.165) is 6.07 Å². The number of hydrogen-bond donors (Lipinski definition) is 1. The molecule has 0 heterocycles. The summed E-state index contributed by atoms with van der Waals surface area (Å²) in [6.07, 6.45) is 0. The van der Waals surface area contributed by atoms with E-state index in [4.69, 9.17) is 22.1 Å². The Balaban J connectivity index is 2.25. The van der Waals surface area contributed by atoms with Gasteiger partial charge in [0.15, 0.2) is 0 Å². The standard InChI is InChI=1S/C14H12ClFN2O3/c15-11-5-1-3-9(7-17)14(11)21-8-10-4-2-6-12(13(10)16)18(19)20/h1-6H,7-8,17H2. The fourth-order valence-corrected chi connectivity index (χ4v) is 2.09. The second-order valence-corrected chi connectivity index (χ2v) is 4.64. The molecule has 5 nitrogen and oxygen atoms in total. The summed E-state index contributed by atoms with van der Waals surface area (Å²) in [5.41, 5.74) is 5.74. The highest BCUT2D eigenvalue weighted by molar-refractivity contribution is 6.32. The minimum Gasteiger partial charge on any atom is -0.487 e. The second kappa shape index (κ2) is 6.51. The van der Waals surface area contributed by atoms with Gasteiger partial charge in [0, 0.05) is 23.7 Å². The first-order chi connectivity index (χ1) is 10.0. The highest BCUT2D eigenvalue weighted by atomic mass is 35.5. The van der Waals surface area contributed by atoms with Gasteiger partial charge in [0.1, 0.15) is 12.4 Å². The average molecular weight is 311 g/mol. The van der Waals surface area contributed by atoms with Crippen LogP contribution >= 0.6 is 11.6 Å². The first-order valence-electron chi connectivity index (χ1n) is 6.06. The molecule has 0 spiro atoms. The number of para-hydroxylation sites is 1. The van der Waals surface area contributed by atoms with E-state index < -0.39 is 16.4 Å². The van der Waals surface area contributed by atoms with Crippen LogP contribution in [0.1, 0.15) is 11.1 Å². The van der Waals surface area contributed by atoms with Gasteiger partial charge in [-0.1, -0.05) is 35.9 Å². The van der Waals surface area contributed by atoms with Crippen LogP contribution in [0.5, 0.6) is 5.75 Å². The Morgan fingerprint density at radius 2 is 1.90 bits per heavy atom. The van der Waals surface area contributed by atoms with Crippen LogP contribution in [0.25, 0.3) is 0 Å². The third-order valence-electron chi connectivity index (χ3n) is 2.90. The summed E-state index contributed by atoms with van der Waals surface area (Å²) in [7, 11) is 0. The zero-order valence-electron chi connectivity index (χ0n) is 10.9. The number of nitrogens with two attached hydrogens (primary N) is 1. The summed E-state index contributed by atoms with van der Waals surface area (Å²) in [6, 6.07) is 9.01. The number of rotatable bonds is 5. The molecule has 2 rings (SSSR count). The number of halogens is 2. The molecular weight excluding hydrogens is 299 g/mol. The smallest absolute Gasteiger partial charge is 0.305 e. The van der Waals surface area contributed by atoms with E-state index in [1.165, 1.54) is 12.1 Å². The van der Waals surface area contributed by atoms with E-state index >= 15 is 0 Å². The molecule has 0 saturated heterocycles. The summed E-state index contributed by atoms with van der Waals surface area (Å²) in [6.45, 7) is 0.0392. The maximum Gasteiger partial charge on any atom is 0.305 e. The maximum atomic E-state index is 13.9. The van der Waals surface area contributed by atoms with Gasteiger partial charge in [-0.05, 0) is 6.07 Å². The lowest BCUT2D eigenvalue weighted by Gasteiger charge is -2.12. The van der Waals surface area contributed by atoms with Gasteiger partial charge in [-0.25, -0.2) is 0 Å². The third kappa shape index (κ3) is 3.29. The number of nitro benzene ring substituents is 1. The molecule has 2 N–H and O–H groups in total. The number of nitrogens with zero attached hydrogens (tertiary/aromatic N) is 1. The lowest BCUT2D eigenvalue weighted by atomic mass is 10.2. The summed E-state index contributed by atoms with van der Waals surface area (Å²) < 4.78 is 19.4. The summed E-state index contributed by atoms with van der Waals surface area (Å²) >= 11 is 6.01. The minimum absolute atomic E-state index is 0.0760. The van der Waals surface area contributed by atoms with Gasteiger partial charge in [0.05, 0.1) is 9.95 Å². The Labute approximate surface area is 125 Å². The second-order valence-electron chi connectivity index (χ2n) is 4.23. The van der Waals surface area contributed by atoms with Crippen molar-refractivity contribution in [3.8, 4) is 5.75 Å². The molecule has 0 aliphatic heterocycles. The average Bonchev–Trinajstić information content (AvgIpc) is 2.46. The Bertz CT molecular complexity index is 679. The van der Waals surface area contributed by atoms with Gasteiger partial charge in [0.2, 0.25) is 5.82 Å². The lowest BCUT2D eigenvalue weighted by molar-refractivity contribution is -0.387. The van der Waals surface area contributed by atoms with Gasteiger partial charge in [-0.2, -0.15) is 4.39 Å². The third-order valence-corrected chi connectivity index (χ3v) is 3.19. The van der Waals surface area contributed by atoms with Crippen LogP contribution < -0.4 is 10.5 Å². The molecule has 0 aliphatic rings. The van der Waals surface area contributed by atoms with Crippen LogP contribution in [0.3, 0.4) is 0 Å². The quantitative estimate of drug-likeness (QED) is 0.678. The van der Waals surface area contributed by atoms with Crippen LogP contribution in [-0.2, 0) is 13.2 Å². The summed E-state index contributed by atoms with van der Waals surface area (Å²) in [5, 5.41) is 11.0. The Morgan fingerprint density at radius 3 is 2.57 bits per heavy atom. The Kier molecular flexibility index (Phi) is 4.72. The molecule has 21 heavy (non-hydrogen) atoms. The summed E-state index contributed by atoms with van der Waals surface area (Å²) in [5.74, 6) is -0.559. The first kappa shape index (κ1) is 15.2. The molecule has 0 aliphatic carbocycles. The van der Waals surface area contributed by atoms with Crippen molar-refractivity contribution in [1.29, 1.82) is 0 Å². The molecule has 7 heteroatoms. The first-order valence-corrected chi connectivity index (χ1v) is 6.44. The van der Waals surface area contributed by atoms with Crippen molar-refractivity contribution in [3.63, 3.8) is 0 Å². The van der Waals surface area contributed by atoms with E-state index in [1.54, 1.807) is 18.2 Å². The van der Waals surface area contributed by atoms with E-state index in [-0.39, 0.29) is 18.7 Å². The molecular formula is C14H12ClFN2O3. The lowest BCUT2D eigenvalue weighted by Crippen LogP contribution is -2.05. The van der Waals surface area contributed by atoms with Crippen molar-refractivity contribution in [2.75, 3.05) is 0 Å². The van der Waals surface area contributed by atoms with Crippen LogP contribution in [-0.4, -0.2) is 4.92 Å². The van der Waals surface area contributed by atoms with Crippen LogP contribution in [0.4, 0.5) is 10.1 Å². The van der Waals surface area contributed by atoms with E-state index in [0.29, 0.717) is 16.3 Å². The normalized spacial score (nSPS) is 10.4. The van der Waals surface area contributed by atoms with E-state index in [9.17, 15) is 14.5 Å². The molecule has 0 amide bonds. The molecule has 0 aromatic heterocycles. The van der Waals surface area contributed by atoms with Gasteiger partial charge in [-0.3, -0.25) is 10.1 Å². The van der Waals surface area contributed by atoms with E-state index in [1.807, 2.05) is 0 Å². The fraction of sp³-hybridized carbons (Fsp3) is 0.143. The summed E-state index contributed by atoms with van der Waals surface area (Å²) in [4.78, 5) is 9.91. The Morgan fingerprint density at radius 1 is 1.24 bits per heavy atom. The van der Waals surface area contributed by atoms with Crippen molar-refractivity contribution >= 4 is 17.3 Å². The van der Waals surface area contributed by atoms with Crippen LogP contribution in [0, 0.1) is 15.9 Å². The van der Waals surface area contributed by atoms with Crippen molar-refractivity contribution < 1.29 is 14.1 Å². The van der Waals surface area contributed by atoms with Gasteiger partial charge in [-0.15, -0.1) is 0 Å². The molecule has 0 bridgehead atoms. The molecule has 110 valence electrons. The van der Waals surface area contributed by atoms with Crippen molar-refractivity contribution in [2.24, 2.45) is 5.73 Å². The highest BCUT2D eigenvalue weighted by Gasteiger charge is 2.18. The van der Waals surface area contributed by atoms with Crippen LogP contribution in [0.2, 0.25) is 5.02 Å². The Hall–Kier alpha value is -2.18. The largest absolute Gasteiger partial charge is 0.487 e. The number of nitro groups is 1. The van der Waals surface area contributed by atoms with Crippen LogP contribution in [0.15, 0.2) is 36.4 Å². The molecule has 2 aromatic carbocycles. The molecule has 0 fully saturated rings. The molecule has 0 saturated carbocycles. The molecule has 0 atom stereocenters. The zero-order chi connectivity index (χ0) is 15.4. The highest BCUT2D eigenvalue weighted by Crippen LogP contribution is 2.30. The molecule has 0 radical (unpaired) electrons. The number of benzene rings is 2. The van der Waals surface area contributed by atoms with Crippen molar-refractivity contribution in [3.05, 3.63) is 68.5 Å². The monoisotopic (exact) mass is 310 g/mol. The maximum absolute atomic E-state index is 13.9.